The van der Waals surface area contributed by atoms with Gasteiger partial charge in [-0.1, -0.05) is 42.5 Å². The molecule has 3 aromatic rings. The van der Waals surface area contributed by atoms with Crippen molar-refractivity contribution in [3.63, 3.8) is 0 Å². The van der Waals surface area contributed by atoms with Crippen molar-refractivity contribution < 1.29 is 13.9 Å². The minimum atomic E-state index is -0.884. The van der Waals surface area contributed by atoms with Gasteiger partial charge in [0.15, 0.2) is 0 Å². The molecule has 0 radical (unpaired) electrons. The number of benzene rings is 2. The maximum absolute atomic E-state index is 12.0. The van der Waals surface area contributed by atoms with Crippen LogP contribution in [0.25, 0.3) is 10.9 Å². The van der Waals surface area contributed by atoms with Gasteiger partial charge >= 0.3 is 17.4 Å². The van der Waals surface area contributed by atoms with Crippen molar-refractivity contribution in [1.29, 1.82) is 0 Å². The lowest BCUT2D eigenvalue weighted by Crippen LogP contribution is -2.28. The number of rotatable bonds is 4. The van der Waals surface area contributed by atoms with Crippen molar-refractivity contribution >= 4 is 16.9 Å². The van der Waals surface area contributed by atoms with E-state index in [1.165, 1.54) is 6.07 Å². The minimum absolute atomic E-state index is 0.114. The molecule has 116 valence electrons. The van der Waals surface area contributed by atoms with E-state index in [1.54, 1.807) is 18.2 Å². The van der Waals surface area contributed by atoms with Crippen molar-refractivity contribution in [3.05, 3.63) is 81.1 Å². The van der Waals surface area contributed by atoms with Gasteiger partial charge < -0.3 is 9.15 Å². The summed E-state index contributed by atoms with van der Waals surface area (Å²) >= 11 is 0. The summed E-state index contributed by atoms with van der Waals surface area (Å²) in [6.07, 6.45) is 0. The maximum Gasteiger partial charge on any atom is 0.422 e. The first-order valence-corrected chi connectivity index (χ1v) is 6.97. The summed E-state index contributed by atoms with van der Waals surface area (Å²) in [4.78, 5) is 35.5. The van der Waals surface area contributed by atoms with E-state index in [0.29, 0.717) is 5.52 Å². The summed E-state index contributed by atoms with van der Waals surface area (Å²) < 4.78 is 10.9. The highest BCUT2D eigenvalue weighted by atomic mass is 16.5. The lowest BCUT2D eigenvalue weighted by molar-refractivity contribution is -0.145. The summed E-state index contributed by atoms with van der Waals surface area (Å²) in [6.45, 7) is -0.209. The molecule has 0 aliphatic heterocycles. The fourth-order valence-corrected chi connectivity index (χ4v) is 2.23. The Morgan fingerprint density at radius 1 is 1.00 bits per heavy atom. The summed E-state index contributed by atoms with van der Waals surface area (Å²) in [6, 6.07) is 15.6. The molecule has 0 amide bonds. The number of esters is 1. The first-order chi connectivity index (χ1) is 11.1. The second-order valence-electron chi connectivity index (χ2n) is 4.91. The summed E-state index contributed by atoms with van der Waals surface area (Å²) in [5.74, 6) is -1.47. The van der Waals surface area contributed by atoms with Gasteiger partial charge in [-0.25, -0.2) is 9.59 Å². The molecule has 0 atom stereocenters. The summed E-state index contributed by atoms with van der Waals surface area (Å²) in [5, 5.41) is 0.239. The number of aromatic nitrogens is 1. The Morgan fingerprint density at radius 3 is 2.48 bits per heavy atom. The predicted molar refractivity (Wildman–Crippen MR) is 83.0 cm³/mol. The van der Waals surface area contributed by atoms with Crippen LogP contribution in [0.1, 0.15) is 5.56 Å². The standard InChI is InChI=1S/C17H13NO5/c19-15(22-11-12-6-2-1-3-7-12)10-18-14-9-5-4-8-13(14)16(20)23-17(18)21/h1-9H,10-11H2. The van der Waals surface area contributed by atoms with Crippen LogP contribution in [-0.4, -0.2) is 10.5 Å². The number of hydrogen-bond donors (Lipinski definition) is 0. The van der Waals surface area contributed by atoms with Crippen LogP contribution in [0.5, 0.6) is 0 Å². The number of nitrogens with zero attached hydrogens (tertiary/aromatic N) is 1. The molecular weight excluding hydrogens is 298 g/mol. The molecule has 0 unspecified atom stereocenters. The third-order valence-corrected chi connectivity index (χ3v) is 3.35. The predicted octanol–water partition coefficient (Wildman–Crippen LogP) is 1.70. The molecule has 0 saturated heterocycles. The number of carbonyl (C=O) groups excluding carboxylic acids is 1. The fourth-order valence-electron chi connectivity index (χ4n) is 2.23. The van der Waals surface area contributed by atoms with Gasteiger partial charge in [-0.2, -0.15) is 0 Å². The lowest BCUT2D eigenvalue weighted by atomic mass is 10.2. The van der Waals surface area contributed by atoms with Gasteiger partial charge in [-0.15, -0.1) is 0 Å². The van der Waals surface area contributed by atoms with Gasteiger partial charge in [-0.3, -0.25) is 9.36 Å². The van der Waals surface area contributed by atoms with E-state index in [0.717, 1.165) is 10.1 Å². The topological polar surface area (TPSA) is 78.5 Å². The number of ether oxygens (including phenoxy) is 1. The van der Waals surface area contributed by atoms with Gasteiger partial charge in [0.2, 0.25) is 0 Å². The van der Waals surface area contributed by atoms with Crippen LogP contribution in [0.4, 0.5) is 0 Å². The van der Waals surface area contributed by atoms with Gasteiger partial charge in [-0.05, 0) is 17.7 Å². The van der Waals surface area contributed by atoms with Gasteiger partial charge in [0, 0.05) is 0 Å². The molecule has 0 spiro atoms. The maximum atomic E-state index is 12.0. The molecule has 6 heteroatoms. The van der Waals surface area contributed by atoms with E-state index in [2.05, 4.69) is 4.42 Å². The van der Waals surface area contributed by atoms with Crippen LogP contribution in [0, 0.1) is 0 Å². The number of carbonyl (C=O) groups is 1. The second kappa shape index (κ2) is 6.31. The Labute approximate surface area is 130 Å². The molecule has 6 nitrogen and oxygen atoms in total. The highest BCUT2D eigenvalue weighted by molar-refractivity contribution is 5.79. The second-order valence-corrected chi connectivity index (χ2v) is 4.91. The Bertz CT molecular complexity index is 956. The van der Waals surface area contributed by atoms with Crippen molar-refractivity contribution in [2.75, 3.05) is 0 Å². The average Bonchev–Trinajstić information content (AvgIpc) is 2.58. The van der Waals surface area contributed by atoms with Gasteiger partial charge in [0.05, 0.1) is 10.9 Å². The summed E-state index contributed by atoms with van der Waals surface area (Å²) in [5.41, 5.74) is 0.461. The van der Waals surface area contributed by atoms with Crippen LogP contribution < -0.4 is 11.4 Å². The SMILES string of the molecule is O=C(Cn1c(=O)oc(=O)c2ccccc21)OCc1ccccc1. The zero-order valence-corrected chi connectivity index (χ0v) is 12.1. The number of hydrogen-bond acceptors (Lipinski definition) is 5. The zero-order chi connectivity index (χ0) is 16.2. The van der Waals surface area contributed by atoms with Crippen molar-refractivity contribution in [2.45, 2.75) is 13.2 Å². The van der Waals surface area contributed by atoms with Crippen molar-refractivity contribution in [2.24, 2.45) is 0 Å². The monoisotopic (exact) mass is 311 g/mol. The molecule has 2 aromatic carbocycles. The van der Waals surface area contributed by atoms with Crippen LogP contribution in [0.2, 0.25) is 0 Å². The van der Waals surface area contributed by atoms with Crippen molar-refractivity contribution in [1.82, 2.24) is 4.57 Å². The Balaban J connectivity index is 1.83. The van der Waals surface area contributed by atoms with Crippen LogP contribution in [-0.2, 0) is 22.7 Å². The molecule has 0 fully saturated rings. The van der Waals surface area contributed by atoms with E-state index in [9.17, 15) is 14.4 Å². The quantitative estimate of drug-likeness (QED) is 0.685. The molecular formula is C17H13NO5. The van der Waals surface area contributed by atoms with Crippen LogP contribution >= 0.6 is 0 Å². The Hall–Kier alpha value is -3.15. The molecule has 0 saturated carbocycles. The molecule has 0 N–H and O–H groups in total. The van der Waals surface area contributed by atoms with Gasteiger partial charge in [0.25, 0.3) is 0 Å². The molecule has 3 rings (SSSR count). The third-order valence-electron chi connectivity index (χ3n) is 3.35. The molecule has 1 heterocycles. The smallest absolute Gasteiger partial charge is 0.422 e. The minimum Gasteiger partial charge on any atom is -0.459 e. The van der Waals surface area contributed by atoms with Crippen molar-refractivity contribution in [3.8, 4) is 0 Å². The molecule has 0 bridgehead atoms. The normalized spacial score (nSPS) is 10.6. The van der Waals surface area contributed by atoms with Crippen LogP contribution in [0.3, 0.4) is 0 Å². The molecule has 0 aliphatic rings. The highest BCUT2D eigenvalue weighted by Gasteiger charge is 2.13. The molecule has 1 aromatic heterocycles. The van der Waals surface area contributed by atoms with E-state index in [4.69, 9.17) is 4.74 Å². The third kappa shape index (κ3) is 3.21. The number of fused-ring (bicyclic) bond motifs is 1. The van der Waals surface area contributed by atoms with E-state index < -0.39 is 17.4 Å². The van der Waals surface area contributed by atoms with Crippen LogP contribution in [0.15, 0.2) is 68.6 Å². The van der Waals surface area contributed by atoms with E-state index >= 15 is 0 Å². The summed E-state index contributed by atoms with van der Waals surface area (Å²) in [7, 11) is 0. The largest absolute Gasteiger partial charge is 0.459 e. The first kappa shape index (κ1) is 14.8. The Morgan fingerprint density at radius 2 is 1.70 bits per heavy atom. The first-order valence-electron chi connectivity index (χ1n) is 6.97. The van der Waals surface area contributed by atoms with Gasteiger partial charge in [0.1, 0.15) is 13.2 Å². The zero-order valence-electron chi connectivity index (χ0n) is 12.1. The molecule has 0 aliphatic carbocycles. The van der Waals surface area contributed by atoms with E-state index in [-0.39, 0.29) is 18.5 Å². The van der Waals surface area contributed by atoms with E-state index in [1.807, 2.05) is 30.3 Å². The average molecular weight is 311 g/mol. The highest BCUT2D eigenvalue weighted by Crippen LogP contribution is 2.08. The molecule has 23 heavy (non-hydrogen) atoms. The number of para-hydroxylation sites is 1. The lowest BCUT2D eigenvalue weighted by Gasteiger charge is -2.08. The fraction of sp³-hybridized carbons (Fsp3) is 0.118. The Kier molecular flexibility index (Phi) is 4.05.